The number of aliphatic hydroxyl groups is 1. The molecular weight excluding hydrogens is 320 g/mol. The summed E-state index contributed by atoms with van der Waals surface area (Å²) in [6.07, 6.45) is 3.13. The number of hydrogen-bond acceptors (Lipinski definition) is 7. The van der Waals surface area contributed by atoms with E-state index >= 15 is 0 Å². The zero-order valence-corrected chi connectivity index (χ0v) is 13.5. The summed E-state index contributed by atoms with van der Waals surface area (Å²) in [5.41, 5.74) is 2.49. The molecule has 0 spiro atoms. The normalized spacial score (nSPS) is 12.4. The Morgan fingerprint density at radius 3 is 3.08 bits per heavy atom. The number of nitrogens with zero attached hydrogens (tertiary/aromatic N) is 5. The van der Waals surface area contributed by atoms with Crippen LogP contribution >= 0.6 is 0 Å². The fraction of sp³-hybridized carbons (Fsp3) is 0.176. The van der Waals surface area contributed by atoms with Gasteiger partial charge in [0.15, 0.2) is 5.82 Å². The Kier molecular flexibility index (Phi) is 3.87. The predicted octanol–water partition coefficient (Wildman–Crippen LogP) is 2.97. The number of nitrogens with one attached hydrogen (secondary N) is 1. The average Bonchev–Trinajstić information content (AvgIpc) is 3.31. The number of rotatable bonds is 5. The summed E-state index contributed by atoms with van der Waals surface area (Å²) in [5.74, 6) is 1.36. The predicted molar refractivity (Wildman–Crippen MR) is 91.3 cm³/mol. The summed E-state index contributed by atoms with van der Waals surface area (Å²) in [6, 6.07) is 11.4. The van der Waals surface area contributed by atoms with E-state index in [0.717, 1.165) is 16.8 Å². The molecule has 8 heteroatoms. The molecule has 8 nitrogen and oxygen atoms in total. The van der Waals surface area contributed by atoms with Crippen molar-refractivity contribution in [3.8, 4) is 11.4 Å². The highest BCUT2D eigenvalue weighted by Crippen LogP contribution is 2.25. The number of hydrogen-bond donors (Lipinski definition) is 2. The summed E-state index contributed by atoms with van der Waals surface area (Å²) in [6.45, 7) is 1.85. The number of aliphatic hydroxyl groups excluding tert-OH is 1. The summed E-state index contributed by atoms with van der Waals surface area (Å²) in [7, 11) is 0. The number of fused-ring (bicyclic) bond motifs is 1. The second-order valence-corrected chi connectivity index (χ2v) is 5.53. The average molecular weight is 336 g/mol. The molecule has 1 aromatic carbocycles. The van der Waals surface area contributed by atoms with E-state index in [-0.39, 0.29) is 5.89 Å². The van der Waals surface area contributed by atoms with Crippen molar-refractivity contribution in [1.82, 2.24) is 24.7 Å². The van der Waals surface area contributed by atoms with Crippen LogP contribution in [0, 0.1) is 0 Å². The molecule has 1 atom stereocenters. The Labute approximate surface area is 143 Å². The first-order chi connectivity index (χ1) is 12.2. The second-order valence-electron chi connectivity index (χ2n) is 5.53. The fourth-order valence-electron chi connectivity index (χ4n) is 2.50. The van der Waals surface area contributed by atoms with Gasteiger partial charge in [-0.2, -0.15) is 10.1 Å². The zero-order chi connectivity index (χ0) is 17.2. The first kappa shape index (κ1) is 15.3. The van der Waals surface area contributed by atoms with Gasteiger partial charge in [0.05, 0.1) is 0 Å². The van der Waals surface area contributed by atoms with Crippen molar-refractivity contribution in [2.45, 2.75) is 19.4 Å². The van der Waals surface area contributed by atoms with Crippen LogP contribution in [0.2, 0.25) is 0 Å². The number of anilines is 2. The van der Waals surface area contributed by atoms with Crippen LogP contribution in [0.1, 0.15) is 25.3 Å². The molecule has 0 radical (unpaired) electrons. The minimum atomic E-state index is -0.744. The van der Waals surface area contributed by atoms with Crippen LogP contribution in [0.25, 0.3) is 16.9 Å². The SMILES string of the molecule is CCC(O)c1nc(-c2cccc(Nc3ncnn4cccc34)c2)no1. The van der Waals surface area contributed by atoms with E-state index in [0.29, 0.717) is 18.1 Å². The summed E-state index contributed by atoms with van der Waals surface area (Å²) in [4.78, 5) is 8.55. The van der Waals surface area contributed by atoms with E-state index in [1.165, 1.54) is 6.33 Å². The topological polar surface area (TPSA) is 101 Å². The fourth-order valence-corrected chi connectivity index (χ4v) is 2.50. The van der Waals surface area contributed by atoms with Gasteiger partial charge in [-0.1, -0.05) is 24.2 Å². The first-order valence-corrected chi connectivity index (χ1v) is 7.92. The molecule has 0 aliphatic heterocycles. The van der Waals surface area contributed by atoms with Crippen LogP contribution in [0.5, 0.6) is 0 Å². The molecule has 0 saturated carbocycles. The van der Waals surface area contributed by atoms with Crippen molar-refractivity contribution in [3.63, 3.8) is 0 Å². The molecule has 0 aliphatic carbocycles. The molecule has 0 bridgehead atoms. The molecule has 0 amide bonds. The van der Waals surface area contributed by atoms with E-state index in [2.05, 4.69) is 25.5 Å². The van der Waals surface area contributed by atoms with Crippen molar-refractivity contribution < 1.29 is 9.63 Å². The Balaban J connectivity index is 1.63. The van der Waals surface area contributed by atoms with Crippen molar-refractivity contribution in [2.24, 2.45) is 0 Å². The first-order valence-electron chi connectivity index (χ1n) is 7.92. The standard InChI is InChI=1S/C17H16N6O2/c1-2-14(24)17-21-15(22-25-17)11-5-3-6-12(9-11)20-16-13-7-4-8-23(13)19-10-18-16/h3-10,14,24H,2H2,1H3,(H,18,19,20). The highest BCUT2D eigenvalue weighted by Gasteiger charge is 2.15. The Bertz CT molecular complexity index is 1010. The molecule has 4 aromatic rings. The van der Waals surface area contributed by atoms with E-state index in [9.17, 15) is 5.11 Å². The van der Waals surface area contributed by atoms with Crippen molar-refractivity contribution >= 4 is 17.0 Å². The van der Waals surface area contributed by atoms with Crippen LogP contribution < -0.4 is 5.32 Å². The lowest BCUT2D eigenvalue weighted by Crippen LogP contribution is -1.99. The molecule has 0 aliphatic rings. The van der Waals surface area contributed by atoms with Crippen LogP contribution in [-0.4, -0.2) is 29.8 Å². The Morgan fingerprint density at radius 2 is 2.20 bits per heavy atom. The van der Waals surface area contributed by atoms with E-state index in [1.54, 1.807) is 4.52 Å². The lowest BCUT2D eigenvalue weighted by atomic mass is 10.2. The lowest BCUT2D eigenvalue weighted by molar-refractivity contribution is 0.130. The van der Waals surface area contributed by atoms with Gasteiger partial charge in [0, 0.05) is 17.4 Å². The molecule has 25 heavy (non-hydrogen) atoms. The van der Waals surface area contributed by atoms with Crippen molar-refractivity contribution in [3.05, 3.63) is 54.8 Å². The van der Waals surface area contributed by atoms with Gasteiger partial charge in [-0.15, -0.1) is 0 Å². The minimum absolute atomic E-state index is 0.224. The van der Waals surface area contributed by atoms with Crippen molar-refractivity contribution in [2.75, 3.05) is 5.32 Å². The van der Waals surface area contributed by atoms with Gasteiger partial charge in [-0.25, -0.2) is 9.50 Å². The third-order valence-electron chi connectivity index (χ3n) is 3.83. The zero-order valence-electron chi connectivity index (χ0n) is 13.5. The maximum atomic E-state index is 9.79. The smallest absolute Gasteiger partial charge is 0.255 e. The molecule has 0 fully saturated rings. The third-order valence-corrected chi connectivity index (χ3v) is 3.83. The molecule has 126 valence electrons. The van der Waals surface area contributed by atoms with Crippen LogP contribution in [-0.2, 0) is 0 Å². The molecule has 3 heterocycles. The molecule has 2 N–H and O–H groups in total. The maximum Gasteiger partial charge on any atom is 0.255 e. The highest BCUT2D eigenvalue weighted by molar-refractivity contribution is 5.74. The molecule has 1 unspecified atom stereocenters. The Hall–Kier alpha value is -3.26. The van der Waals surface area contributed by atoms with Gasteiger partial charge in [0.2, 0.25) is 5.82 Å². The number of benzene rings is 1. The third kappa shape index (κ3) is 2.94. The van der Waals surface area contributed by atoms with E-state index < -0.39 is 6.10 Å². The summed E-state index contributed by atoms with van der Waals surface area (Å²) in [5, 5.41) is 21.2. The van der Waals surface area contributed by atoms with Crippen LogP contribution in [0.4, 0.5) is 11.5 Å². The summed E-state index contributed by atoms with van der Waals surface area (Å²) < 4.78 is 6.87. The van der Waals surface area contributed by atoms with Gasteiger partial charge in [0.25, 0.3) is 5.89 Å². The molecule has 4 rings (SSSR count). The highest BCUT2D eigenvalue weighted by atomic mass is 16.5. The van der Waals surface area contributed by atoms with Gasteiger partial charge < -0.3 is 14.9 Å². The van der Waals surface area contributed by atoms with Crippen LogP contribution in [0.15, 0.2) is 53.4 Å². The lowest BCUT2D eigenvalue weighted by Gasteiger charge is -2.07. The van der Waals surface area contributed by atoms with E-state index in [1.807, 2.05) is 49.5 Å². The van der Waals surface area contributed by atoms with Gasteiger partial charge in [-0.3, -0.25) is 0 Å². The van der Waals surface area contributed by atoms with Crippen molar-refractivity contribution in [1.29, 1.82) is 0 Å². The van der Waals surface area contributed by atoms with Gasteiger partial charge >= 0.3 is 0 Å². The van der Waals surface area contributed by atoms with Gasteiger partial charge in [-0.05, 0) is 30.7 Å². The van der Waals surface area contributed by atoms with Gasteiger partial charge in [0.1, 0.15) is 17.9 Å². The number of aromatic nitrogens is 5. The van der Waals surface area contributed by atoms with Crippen LogP contribution in [0.3, 0.4) is 0 Å². The van der Waals surface area contributed by atoms with E-state index in [4.69, 9.17) is 4.52 Å². The monoisotopic (exact) mass is 336 g/mol. The minimum Gasteiger partial charge on any atom is -0.383 e. The molecular formula is C17H16N6O2. The molecule has 0 saturated heterocycles. The Morgan fingerprint density at radius 1 is 1.28 bits per heavy atom. The maximum absolute atomic E-state index is 9.79. The quantitative estimate of drug-likeness (QED) is 0.577. The second kappa shape index (κ2) is 6.33. The largest absolute Gasteiger partial charge is 0.383 e. The summed E-state index contributed by atoms with van der Waals surface area (Å²) >= 11 is 0. The molecule has 3 aromatic heterocycles.